The van der Waals surface area contributed by atoms with E-state index in [1.54, 1.807) is 7.11 Å². The number of rotatable bonds is 10. The van der Waals surface area contributed by atoms with Gasteiger partial charge in [0.2, 0.25) is 17.6 Å². The first-order valence-corrected chi connectivity index (χ1v) is 11.8. The van der Waals surface area contributed by atoms with E-state index in [1.807, 2.05) is 60.4 Å². The fraction of sp³-hybridized carbons (Fsp3) is 0.423. The summed E-state index contributed by atoms with van der Waals surface area (Å²) in [5.74, 6) is 3.54. The number of carbonyl (C=O) groups excluding carboxylic acids is 1. The molecule has 2 aromatic carbocycles. The summed E-state index contributed by atoms with van der Waals surface area (Å²) in [5, 5.41) is 4.04. The lowest BCUT2D eigenvalue weighted by Gasteiger charge is -2.32. The number of aryl methyl sites for hydroxylation is 1. The molecule has 1 aliphatic heterocycles. The van der Waals surface area contributed by atoms with Crippen molar-refractivity contribution in [2.24, 2.45) is 0 Å². The lowest BCUT2D eigenvalue weighted by atomic mass is 10.1. The van der Waals surface area contributed by atoms with E-state index in [0.717, 1.165) is 35.7 Å². The van der Waals surface area contributed by atoms with Crippen molar-refractivity contribution >= 4 is 5.91 Å². The van der Waals surface area contributed by atoms with Crippen molar-refractivity contribution in [2.75, 3.05) is 26.8 Å². The summed E-state index contributed by atoms with van der Waals surface area (Å²) in [7, 11) is 1.63. The van der Waals surface area contributed by atoms with E-state index in [1.165, 1.54) is 0 Å². The van der Waals surface area contributed by atoms with Crippen LogP contribution in [0.2, 0.25) is 0 Å². The third-order valence-electron chi connectivity index (χ3n) is 5.83. The molecule has 2 heterocycles. The van der Waals surface area contributed by atoms with Gasteiger partial charge in [-0.2, -0.15) is 4.98 Å². The molecule has 8 nitrogen and oxygen atoms in total. The predicted octanol–water partition coefficient (Wildman–Crippen LogP) is 4.54. The van der Waals surface area contributed by atoms with Gasteiger partial charge in [0.05, 0.1) is 13.7 Å². The highest BCUT2D eigenvalue weighted by Gasteiger charge is 2.24. The van der Waals surface area contributed by atoms with E-state index in [2.05, 4.69) is 10.1 Å². The standard InChI is InChI=1S/C26H31N3O5/c1-3-32-22-7-4-5-8-23(22)33-21-15-17-29(18-16-21)25(30)10-6-9-24-27-26(28-34-24)19-11-13-20(31-2)14-12-19/h4-5,7-8,11-14,21H,3,6,9-10,15-18H2,1-2H3. The van der Waals surface area contributed by atoms with E-state index in [4.69, 9.17) is 18.7 Å². The largest absolute Gasteiger partial charge is 0.497 e. The number of benzene rings is 2. The summed E-state index contributed by atoms with van der Waals surface area (Å²) in [6.07, 6.45) is 3.39. The van der Waals surface area contributed by atoms with Crippen LogP contribution in [0.25, 0.3) is 11.4 Å². The van der Waals surface area contributed by atoms with Crippen LogP contribution >= 0.6 is 0 Å². The van der Waals surface area contributed by atoms with Crippen LogP contribution in [0.4, 0.5) is 0 Å². The van der Waals surface area contributed by atoms with Crippen molar-refractivity contribution in [1.82, 2.24) is 15.0 Å². The number of carbonyl (C=O) groups is 1. The molecule has 0 spiro atoms. The molecule has 1 aromatic heterocycles. The number of methoxy groups -OCH3 is 1. The van der Waals surface area contributed by atoms with Gasteiger partial charge in [-0.1, -0.05) is 17.3 Å². The van der Waals surface area contributed by atoms with Gasteiger partial charge in [0.1, 0.15) is 11.9 Å². The second-order valence-electron chi connectivity index (χ2n) is 8.17. The van der Waals surface area contributed by atoms with Crippen LogP contribution in [0.1, 0.15) is 38.5 Å². The molecule has 1 saturated heterocycles. The van der Waals surface area contributed by atoms with Crippen LogP contribution in [0.3, 0.4) is 0 Å². The molecule has 0 radical (unpaired) electrons. The Morgan fingerprint density at radius 3 is 2.53 bits per heavy atom. The number of piperidine rings is 1. The van der Waals surface area contributed by atoms with Gasteiger partial charge in [0.15, 0.2) is 11.5 Å². The molecular weight excluding hydrogens is 434 g/mol. The quantitative estimate of drug-likeness (QED) is 0.434. The van der Waals surface area contributed by atoms with Crippen LogP contribution in [0, 0.1) is 0 Å². The lowest BCUT2D eigenvalue weighted by Crippen LogP contribution is -2.41. The Balaban J connectivity index is 1.20. The van der Waals surface area contributed by atoms with Crippen molar-refractivity contribution in [3.8, 4) is 28.6 Å². The summed E-state index contributed by atoms with van der Waals surface area (Å²) >= 11 is 0. The SMILES string of the molecule is CCOc1ccccc1OC1CCN(C(=O)CCCc2nc(-c3ccc(OC)cc3)no2)CC1. The topological polar surface area (TPSA) is 86.9 Å². The van der Waals surface area contributed by atoms with Gasteiger partial charge >= 0.3 is 0 Å². The Hall–Kier alpha value is -3.55. The van der Waals surface area contributed by atoms with Gasteiger partial charge in [0.25, 0.3) is 0 Å². The molecular formula is C26H31N3O5. The van der Waals surface area contributed by atoms with E-state index in [0.29, 0.717) is 50.7 Å². The minimum absolute atomic E-state index is 0.0837. The maximum absolute atomic E-state index is 12.7. The van der Waals surface area contributed by atoms with Crippen molar-refractivity contribution in [2.45, 2.75) is 45.1 Å². The smallest absolute Gasteiger partial charge is 0.226 e. The fourth-order valence-corrected chi connectivity index (χ4v) is 3.99. The minimum atomic E-state index is 0.0837. The predicted molar refractivity (Wildman–Crippen MR) is 127 cm³/mol. The average Bonchev–Trinajstić information content (AvgIpc) is 3.35. The summed E-state index contributed by atoms with van der Waals surface area (Å²) in [5.41, 5.74) is 0.862. The molecule has 34 heavy (non-hydrogen) atoms. The maximum Gasteiger partial charge on any atom is 0.226 e. The fourth-order valence-electron chi connectivity index (χ4n) is 3.99. The van der Waals surface area contributed by atoms with Crippen LogP contribution < -0.4 is 14.2 Å². The molecule has 1 aliphatic rings. The maximum atomic E-state index is 12.7. The zero-order valence-corrected chi connectivity index (χ0v) is 19.7. The van der Waals surface area contributed by atoms with Gasteiger partial charge in [-0.15, -0.1) is 0 Å². The molecule has 0 N–H and O–H groups in total. The van der Waals surface area contributed by atoms with E-state index in [9.17, 15) is 4.79 Å². The van der Waals surface area contributed by atoms with Gasteiger partial charge in [-0.05, 0) is 49.7 Å². The van der Waals surface area contributed by atoms with Gasteiger partial charge in [-0.3, -0.25) is 4.79 Å². The first-order valence-electron chi connectivity index (χ1n) is 11.8. The highest BCUT2D eigenvalue weighted by Crippen LogP contribution is 2.29. The molecule has 0 unspecified atom stereocenters. The van der Waals surface area contributed by atoms with Crippen molar-refractivity contribution in [1.29, 1.82) is 0 Å². The normalized spacial score (nSPS) is 14.1. The van der Waals surface area contributed by atoms with Gasteiger partial charge < -0.3 is 23.6 Å². The van der Waals surface area contributed by atoms with Crippen molar-refractivity contribution in [3.05, 3.63) is 54.4 Å². The summed E-state index contributed by atoms with van der Waals surface area (Å²) in [6, 6.07) is 15.2. The molecule has 180 valence electrons. The number of para-hydroxylation sites is 2. The first-order chi connectivity index (χ1) is 16.7. The monoisotopic (exact) mass is 465 g/mol. The molecule has 0 saturated carbocycles. The van der Waals surface area contributed by atoms with Gasteiger partial charge in [0, 0.05) is 44.3 Å². The Kier molecular flexibility index (Phi) is 8.01. The molecule has 1 amide bonds. The molecule has 3 aromatic rings. The zero-order valence-electron chi connectivity index (χ0n) is 19.7. The Bertz CT molecular complexity index is 1060. The number of hydrogen-bond donors (Lipinski definition) is 0. The molecule has 4 rings (SSSR count). The van der Waals surface area contributed by atoms with Crippen LogP contribution in [-0.2, 0) is 11.2 Å². The number of hydrogen-bond acceptors (Lipinski definition) is 7. The Morgan fingerprint density at radius 2 is 1.82 bits per heavy atom. The lowest BCUT2D eigenvalue weighted by molar-refractivity contribution is -0.133. The van der Waals surface area contributed by atoms with E-state index < -0.39 is 0 Å². The second kappa shape index (κ2) is 11.5. The molecule has 0 bridgehead atoms. The number of amides is 1. The number of likely N-dealkylation sites (tertiary alicyclic amines) is 1. The molecule has 1 fully saturated rings. The number of nitrogens with zero attached hydrogens (tertiary/aromatic N) is 3. The summed E-state index contributed by atoms with van der Waals surface area (Å²) in [6.45, 7) is 3.95. The second-order valence-corrected chi connectivity index (χ2v) is 8.17. The zero-order chi connectivity index (χ0) is 23.8. The molecule has 0 aliphatic carbocycles. The number of ether oxygens (including phenoxy) is 3. The van der Waals surface area contributed by atoms with Crippen molar-refractivity contribution < 1.29 is 23.5 Å². The van der Waals surface area contributed by atoms with Crippen LogP contribution in [0.15, 0.2) is 53.1 Å². The third-order valence-corrected chi connectivity index (χ3v) is 5.83. The average molecular weight is 466 g/mol. The Morgan fingerprint density at radius 1 is 1.09 bits per heavy atom. The summed E-state index contributed by atoms with van der Waals surface area (Å²) in [4.78, 5) is 19.0. The first kappa shape index (κ1) is 23.6. The third kappa shape index (κ3) is 6.07. The van der Waals surface area contributed by atoms with Crippen molar-refractivity contribution in [3.63, 3.8) is 0 Å². The highest BCUT2D eigenvalue weighted by molar-refractivity contribution is 5.76. The highest BCUT2D eigenvalue weighted by atomic mass is 16.5. The minimum Gasteiger partial charge on any atom is -0.497 e. The summed E-state index contributed by atoms with van der Waals surface area (Å²) < 4.78 is 22.3. The van der Waals surface area contributed by atoms with Gasteiger partial charge in [-0.25, -0.2) is 0 Å². The molecule has 0 atom stereocenters. The van der Waals surface area contributed by atoms with Crippen LogP contribution in [0.5, 0.6) is 17.2 Å². The Labute approximate surface area is 199 Å². The van der Waals surface area contributed by atoms with Crippen LogP contribution in [-0.4, -0.2) is 53.9 Å². The molecule has 8 heteroatoms. The number of aromatic nitrogens is 2. The van der Waals surface area contributed by atoms with E-state index >= 15 is 0 Å². The van der Waals surface area contributed by atoms with E-state index in [-0.39, 0.29) is 12.0 Å².